The van der Waals surface area contributed by atoms with Crippen LogP contribution in [0.3, 0.4) is 0 Å². The third kappa shape index (κ3) is 5.24. The summed E-state index contributed by atoms with van der Waals surface area (Å²) in [6.45, 7) is 3.57. The van der Waals surface area contributed by atoms with Crippen molar-refractivity contribution >= 4 is 50.8 Å². The molecule has 0 bridgehead atoms. The smallest absolute Gasteiger partial charge is 0.294 e. The Hall–Kier alpha value is -2.58. The summed E-state index contributed by atoms with van der Waals surface area (Å²) >= 11 is 4.30. The molecule has 6 nitrogen and oxygen atoms in total. The van der Waals surface area contributed by atoms with E-state index >= 15 is 0 Å². The van der Waals surface area contributed by atoms with Gasteiger partial charge in [-0.2, -0.15) is 0 Å². The number of hydrogen-bond donors (Lipinski definition) is 0. The van der Waals surface area contributed by atoms with Gasteiger partial charge in [-0.05, 0) is 61.4 Å². The molecule has 0 atom stereocenters. The molecule has 32 heavy (non-hydrogen) atoms. The van der Waals surface area contributed by atoms with Crippen LogP contribution >= 0.6 is 27.7 Å². The maximum absolute atomic E-state index is 12.9. The van der Waals surface area contributed by atoms with Crippen molar-refractivity contribution in [3.8, 4) is 5.75 Å². The second-order valence-corrected chi connectivity index (χ2v) is 9.72. The SMILES string of the molecule is Cc1ccc(COc2ccc(Br)cc2/C=C2/SC(=O)N(CC(=O)N3CCCC3)C2=O)cc1. The Labute approximate surface area is 199 Å². The van der Waals surface area contributed by atoms with Gasteiger partial charge in [0.15, 0.2) is 0 Å². The second-order valence-electron chi connectivity index (χ2n) is 7.81. The third-order valence-corrected chi connectivity index (χ3v) is 6.80. The molecule has 2 saturated heterocycles. The van der Waals surface area contributed by atoms with Gasteiger partial charge in [0.1, 0.15) is 18.9 Å². The van der Waals surface area contributed by atoms with Crippen LogP contribution in [0.5, 0.6) is 5.75 Å². The number of hydrogen-bond acceptors (Lipinski definition) is 5. The van der Waals surface area contributed by atoms with Crippen molar-refractivity contribution in [2.45, 2.75) is 26.4 Å². The van der Waals surface area contributed by atoms with Crippen LogP contribution in [0.15, 0.2) is 51.8 Å². The van der Waals surface area contributed by atoms with Gasteiger partial charge in [-0.3, -0.25) is 19.3 Å². The van der Waals surface area contributed by atoms with Crippen LogP contribution in [0.25, 0.3) is 6.08 Å². The van der Waals surface area contributed by atoms with Crippen LogP contribution in [-0.4, -0.2) is 46.5 Å². The number of imide groups is 1. The van der Waals surface area contributed by atoms with E-state index in [0.29, 0.717) is 31.0 Å². The minimum atomic E-state index is -0.447. The van der Waals surface area contributed by atoms with Crippen molar-refractivity contribution in [1.82, 2.24) is 9.80 Å². The first kappa shape index (κ1) is 22.6. The Balaban J connectivity index is 1.50. The van der Waals surface area contributed by atoms with E-state index in [0.717, 1.165) is 39.5 Å². The molecule has 0 N–H and O–H groups in total. The predicted molar refractivity (Wildman–Crippen MR) is 128 cm³/mol. The topological polar surface area (TPSA) is 66.9 Å². The average Bonchev–Trinajstić information content (AvgIpc) is 3.39. The summed E-state index contributed by atoms with van der Waals surface area (Å²) in [4.78, 5) is 40.8. The van der Waals surface area contributed by atoms with Crippen molar-refractivity contribution in [1.29, 1.82) is 0 Å². The molecule has 0 radical (unpaired) electrons. The largest absolute Gasteiger partial charge is 0.488 e. The molecule has 2 aromatic rings. The second kappa shape index (κ2) is 9.92. The number of benzene rings is 2. The van der Waals surface area contributed by atoms with Gasteiger partial charge in [0.25, 0.3) is 11.1 Å². The summed E-state index contributed by atoms with van der Waals surface area (Å²) in [5.41, 5.74) is 2.89. The van der Waals surface area contributed by atoms with E-state index in [1.165, 1.54) is 5.56 Å². The van der Waals surface area contributed by atoms with Crippen molar-refractivity contribution in [2.75, 3.05) is 19.6 Å². The summed E-state index contributed by atoms with van der Waals surface area (Å²) in [5.74, 6) is -0.0265. The Morgan fingerprint density at radius 1 is 1.12 bits per heavy atom. The van der Waals surface area contributed by atoms with Crippen LogP contribution in [-0.2, 0) is 16.2 Å². The van der Waals surface area contributed by atoms with Crippen LogP contribution in [0.2, 0.25) is 0 Å². The first-order valence-electron chi connectivity index (χ1n) is 10.4. The number of rotatable bonds is 6. The number of halogens is 1. The molecule has 2 fully saturated rings. The van der Waals surface area contributed by atoms with Crippen LogP contribution in [0, 0.1) is 6.92 Å². The fourth-order valence-corrected chi connectivity index (χ4v) is 4.80. The maximum atomic E-state index is 12.9. The Morgan fingerprint density at radius 2 is 1.84 bits per heavy atom. The fourth-order valence-electron chi connectivity index (χ4n) is 3.59. The van der Waals surface area contributed by atoms with Crippen molar-refractivity contribution in [2.24, 2.45) is 0 Å². The highest BCUT2D eigenvalue weighted by Gasteiger charge is 2.37. The number of amides is 3. The Bertz CT molecular complexity index is 1080. The van der Waals surface area contributed by atoms with Gasteiger partial charge in [-0.15, -0.1) is 0 Å². The minimum absolute atomic E-state index is 0.185. The van der Waals surface area contributed by atoms with E-state index in [9.17, 15) is 14.4 Å². The minimum Gasteiger partial charge on any atom is -0.488 e. The first-order chi connectivity index (χ1) is 15.4. The van der Waals surface area contributed by atoms with Crippen molar-refractivity contribution in [3.05, 3.63) is 68.5 Å². The Morgan fingerprint density at radius 3 is 2.56 bits per heavy atom. The zero-order chi connectivity index (χ0) is 22.7. The molecule has 2 aromatic carbocycles. The summed E-state index contributed by atoms with van der Waals surface area (Å²) in [6, 6.07) is 13.6. The van der Waals surface area contributed by atoms with E-state index in [1.54, 1.807) is 11.0 Å². The highest BCUT2D eigenvalue weighted by atomic mass is 79.9. The lowest BCUT2D eigenvalue weighted by Gasteiger charge is -2.18. The number of thioether (sulfide) groups is 1. The summed E-state index contributed by atoms with van der Waals surface area (Å²) in [5, 5.41) is -0.425. The predicted octanol–water partition coefficient (Wildman–Crippen LogP) is 5.00. The van der Waals surface area contributed by atoms with E-state index in [4.69, 9.17) is 4.74 Å². The lowest BCUT2D eigenvalue weighted by Crippen LogP contribution is -2.40. The molecular weight excluding hydrogens is 492 g/mol. The average molecular weight is 515 g/mol. The number of nitrogens with zero attached hydrogens (tertiary/aromatic N) is 2. The quantitative estimate of drug-likeness (QED) is 0.507. The van der Waals surface area contributed by atoms with Gasteiger partial charge in [0.2, 0.25) is 5.91 Å². The van der Waals surface area contributed by atoms with Crippen molar-refractivity contribution < 1.29 is 19.1 Å². The molecule has 0 aromatic heterocycles. The Kier molecular flexibility index (Phi) is 7.01. The number of ether oxygens (including phenoxy) is 1. The van der Waals surface area contributed by atoms with Crippen LogP contribution in [0.4, 0.5) is 4.79 Å². The van der Waals surface area contributed by atoms with E-state index in [-0.39, 0.29) is 17.4 Å². The third-order valence-electron chi connectivity index (χ3n) is 5.40. The van der Waals surface area contributed by atoms with Crippen molar-refractivity contribution in [3.63, 3.8) is 0 Å². The molecular formula is C24H23BrN2O4S. The normalized spacial score (nSPS) is 17.5. The number of likely N-dealkylation sites (tertiary alicyclic amines) is 1. The monoisotopic (exact) mass is 514 g/mol. The lowest BCUT2D eigenvalue weighted by atomic mass is 10.1. The zero-order valence-corrected chi connectivity index (χ0v) is 20.1. The lowest BCUT2D eigenvalue weighted by molar-refractivity contribution is -0.135. The summed E-state index contributed by atoms with van der Waals surface area (Å²) < 4.78 is 6.83. The molecule has 2 heterocycles. The van der Waals surface area contributed by atoms with Gasteiger partial charge in [0.05, 0.1) is 4.91 Å². The zero-order valence-electron chi connectivity index (χ0n) is 17.7. The van der Waals surface area contributed by atoms with Gasteiger partial charge < -0.3 is 9.64 Å². The molecule has 2 aliphatic rings. The molecule has 8 heteroatoms. The molecule has 3 amide bonds. The highest BCUT2D eigenvalue weighted by molar-refractivity contribution is 9.10. The number of carbonyl (C=O) groups excluding carboxylic acids is 3. The number of carbonyl (C=O) groups is 3. The molecule has 4 rings (SSSR count). The van der Waals surface area contributed by atoms with E-state index in [2.05, 4.69) is 15.9 Å². The molecule has 166 valence electrons. The number of aryl methyl sites for hydroxylation is 1. The maximum Gasteiger partial charge on any atom is 0.294 e. The van der Waals surface area contributed by atoms with Gasteiger partial charge >= 0.3 is 0 Å². The van der Waals surface area contributed by atoms with Gasteiger partial charge in [-0.25, -0.2) is 0 Å². The van der Waals surface area contributed by atoms with Crippen LogP contribution in [0.1, 0.15) is 29.5 Å². The van der Waals surface area contributed by atoms with E-state index < -0.39 is 11.1 Å². The molecule has 2 aliphatic heterocycles. The standard InChI is InChI=1S/C24H23BrN2O4S/c1-16-4-6-17(7-5-16)15-31-20-9-8-19(25)12-18(20)13-21-23(29)27(24(30)32-21)14-22(28)26-10-2-3-11-26/h4-9,12-13H,2-3,10-11,14-15H2,1H3/b21-13+. The summed E-state index contributed by atoms with van der Waals surface area (Å²) in [6.07, 6.45) is 3.57. The summed E-state index contributed by atoms with van der Waals surface area (Å²) in [7, 11) is 0. The molecule has 0 spiro atoms. The van der Waals surface area contributed by atoms with Gasteiger partial charge in [0, 0.05) is 23.1 Å². The highest BCUT2D eigenvalue weighted by Crippen LogP contribution is 2.35. The first-order valence-corrected chi connectivity index (χ1v) is 12.0. The molecule has 0 aliphatic carbocycles. The molecule has 0 saturated carbocycles. The molecule has 0 unspecified atom stereocenters. The van der Waals surface area contributed by atoms with Gasteiger partial charge in [-0.1, -0.05) is 45.8 Å². The fraction of sp³-hybridized carbons (Fsp3) is 0.292. The van der Waals surface area contributed by atoms with Crippen LogP contribution < -0.4 is 4.74 Å². The van der Waals surface area contributed by atoms with E-state index in [1.807, 2.05) is 49.4 Å².